The highest BCUT2D eigenvalue weighted by Crippen LogP contribution is 2.18. The highest BCUT2D eigenvalue weighted by atomic mass is 19.1. The van der Waals surface area contributed by atoms with Gasteiger partial charge in [-0.15, -0.1) is 0 Å². The van der Waals surface area contributed by atoms with E-state index in [2.05, 4.69) is 9.97 Å². The minimum Gasteiger partial charge on any atom is -0.341 e. The molecule has 0 aliphatic heterocycles. The monoisotopic (exact) mass is 369 g/mol. The van der Waals surface area contributed by atoms with Crippen molar-refractivity contribution in [2.24, 2.45) is 0 Å². The molecule has 0 aliphatic rings. The molecule has 0 saturated carbocycles. The summed E-state index contributed by atoms with van der Waals surface area (Å²) in [5.41, 5.74) is 2.53. The smallest absolute Gasteiger partial charge is 0.255 e. The maximum absolute atomic E-state index is 14.0. The maximum atomic E-state index is 14.0. The van der Waals surface area contributed by atoms with Crippen LogP contribution in [0.2, 0.25) is 0 Å². The van der Waals surface area contributed by atoms with E-state index < -0.39 is 11.6 Å². The number of H-pyrrole nitrogens is 1. The lowest BCUT2D eigenvalue weighted by Gasteiger charge is -2.19. The van der Waals surface area contributed by atoms with Gasteiger partial charge in [0, 0.05) is 31.1 Å². The summed E-state index contributed by atoms with van der Waals surface area (Å²) in [7, 11) is 1.81. The predicted octanol–water partition coefficient (Wildman–Crippen LogP) is 3.89. The van der Waals surface area contributed by atoms with Crippen LogP contribution in [0, 0.1) is 25.5 Å². The molecule has 140 valence electrons. The first-order valence-electron chi connectivity index (χ1n) is 8.64. The SMILES string of the molecule is Cc1ccc(CN(C)c2nc(Cc3c(F)cccc3F)c(C)c(=O)[nH]2)cc1. The molecule has 1 N–H and O–H groups in total. The van der Waals surface area contributed by atoms with Gasteiger partial charge in [0.15, 0.2) is 0 Å². The number of nitrogens with one attached hydrogen (secondary N) is 1. The van der Waals surface area contributed by atoms with Crippen molar-refractivity contribution < 1.29 is 8.78 Å². The van der Waals surface area contributed by atoms with Gasteiger partial charge in [0.05, 0.1) is 5.69 Å². The van der Waals surface area contributed by atoms with Crippen molar-refractivity contribution in [3.05, 3.63) is 92.4 Å². The van der Waals surface area contributed by atoms with Crippen molar-refractivity contribution in [1.29, 1.82) is 0 Å². The number of rotatable bonds is 5. The molecule has 3 rings (SSSR count). The van der Waals surface area contributed by atoms with E-state index >= 15 is 0 Å². The number of benzene rings is 2. The zero-order valence-corrected chi connectivity index (χ0v) is 15.5. The number of aromatic amines is 1. The minimum absolute atomic E-state index is 0.0837. The largest absolute Gasteiger partial charge is 0.341 e. The molecule has 0 bridgehead atoms. The molecular weight excluding hydrogens is 348 g/mol. The number of nitrogens with zero attached hydrogens (tertiary/aromatic N) is 2. The minimum atomic E-state index is -0.647. The summed E-state index contributed by atoms with van der Waals surface area (Å²) in [6, 6.07) is 11.8. The Morgan fingerprint density at radius 3 is 2.30 bits per heavy atom. The number of aryl methyl sites for hydroxylation is 1. The highest BCUT2D eigenvalue weighted by molar-refractivity contribution is 5.36. The van der Waals surface area contributed by atoms with E-state index in [-0.39, 0.29) is 17.5 Å². The summed E-state index contributed by atoms with van der Waals surface area (Å²) < 4.78 is 28.0. The molecule has 0 unspecified atom stereocenters. The Morgan fingerprint density at radius 2 is 1.67 bits per heavy atom. The van der Waals surface area contributed by atoms with Crippen molar-refractivity contribution >= 4 is 5.95 Å². The lowest BCUT2D eigenvalue weighted by Crippen LogP contribution is -2.25. The van der Waals surface area contributed by atoms with Gasteiger partial charge in [-0.1, -0.05) is 35.9 Å². The Balaban J connectivity index is 1.91. The van der Waals surface area contributed by atoms with E-state index in [0.29, 0.717) is 23.8 Å². The third kappa shape index (κ3) is 4.22. The predicted molar refractivity (Wildman–Crippen MR) is 102 cm³/mol. The number of aromatic nitrogens is 2. The van der Waals surface area contributed by atoms with Crippen molar-refractivity contribution in [3.8, 4) is 0 Å². The highest BCUT2D eigenvalue weighted by Gasteiger charge is 2.16. The Kier molecular flexibility index (Phi) is 5.35. The van der Waals surface area contributed by atoms with Gasteiger partial charge in [0.1, 0.15) is 11.6 Å². The van der Waals surface area contributed by atoms with Crippen LogP contribution >= 0.6 is 0 Å². The van der Waals surface area contributed by atoms with E-state index in [1.807, 2.05) is 31.2 Å². The van der Waals surface area contributed by atoms with Crippen LogP contribution in [0.25, 0.3) is 0 Å². The molecule has 2 aromatic carbocycles. The number of hydrogen-bond donors (Lipinski definition) is 1. The summed E-state index contributed by atoms with van der Waals surface area (Å²) in [5, 5.41) is 0. The fraction of sp³-hybridized carbons (Fsp3) is 0.238. The Labute approximate surface area is 156 Å². The summed E-state index contributed by atoms with van der Waals surface area (Å²) in [6.45, 7) is 4.16. The standard InChI is InChI=1S/C21H21F2N3O/c1-13-7-9-15(10-8-13)12-26(3)21-24-19(14(2)20(27)25-21)11-16-17(22)5-4-6-18(16)23/h4-10H,11-12H2,1-3H3,(H,24,25,27). The average molecular weight is 369 g/mol. The van der Waals surface area contributed by atoms with Gasteiger partial charge >= 0.3 is 0 Å². The number of halogens is 2. The molecule has 0 atom stereocenters. The Morgan fingerprint density at radius 1 is 1.04 bits per heavy atom. The molecule has 0 spiro atoms. The topological polar surface area (TPSA) is 49.0 Å². The molecule has 27 heavy (non-hydrogen) atoms. The third-order valence-electron chi connectivity index (χ3n) is 4.55. The zero-order chi connectivity index (χ0) is 19.6. The van der Waals surface area contributed by atoms with Crippen molar-refractivity contribution in [2.75, 3.05) is 11.9 Å². The molecule has 1 aromatic heterocycles. The zero-order valence-electron chi connectivity index (χ0n) is 15.5. The summed E-state index contributed by atoms with van der Waals surface area (Å²) in [6.07, 6.45) is -0.0837. The second kappa shape index (κ2) is 7.70. The van der Waals surface area contributed by atoms with Crippen LogP contribution in [0.3, 0.4) is 0 Å². The van der Waals surface area contributed by atoms with E-state index in [0.717, 1.165) is 11.1 Å². The normalized spacial score (nSPS) is 10.9. The first kappa shape index (κ1) is 18.8. The van der Waals surface area contributed by atoms with Gasteiger partial charge in [-0.3, -0.25) is 9.78 Å². The fourth-order valence-electron chi connectivity index (χ4n) is 2.83. The molecule has 4 nitrogen and oxygen atoms in total. The maximum Gasteiger partial charge on any atom is 0.255 e. The van der Waals surface area contributed by atoms with E-state index in [1.165, 1.54) is 18.2 Å². The molecule has 1 heterocycles. The number of hydrogen-bond acceptors (Lipinski definition) is 3. The lowest BCUT2D eigenvalue weighted by atomic mass is 10.1. The molecule has 0 saturated heterocycles. The Bertz CT molecular complexity index is 993. The van der Waals surface area contributed by atoms with Crippen LogP contribution in [0.4, 0.5) is 14.7 Å². The van der Waals surface area contributed by atoms with E-state index in [4.69, 9.17) is 0 Å². The summed E-state index contributed by atoms with van der Waals surface area (Å²) in [5.74, 6) is -0.935. The van der Waals surface area contributed by atoms with Crippen LogP contribution < -0.4 is 10.5 Å². The molecule has 0 amide bonds. The van der Waals surface area contributed by atoms with Crippen molar-refractivity contribution in [2.45, 2.75) is 26.8 Å². The molecule has 6 heteroatoms. The van der Waals surface area contributed by atoms with Crippen LogP contribution in [0.1, 0.15) is 27.9 Å². The van der Waals surface area contributed by atoms with Crippen molar-refractivity contribution in [1.82, 2.24) is 9.97 Å². The first-order valence-corrected chi connectivity index (χ1v) is 8.64. The van der Waals surface area contributed by atoms with Gasteiger partial charge in [0.25, 0.3) is 5.56 Å². The van der Waals surface area contributed by atoms with Crippen LogP contribution in [0.5, 0.6) is 0 Å². The van der Waals surface area contributed by atoms with Crippen LogP contribution in [-0.2, 0) is 13.0 Å². The fourth-order valence-corrected chi connectivity index (χ4v) is 2.83. The van der Waals surface area contributed by atoms with Gasteiger partial charge in [-0.05, 0) is 31.5 Å². The molecule has 0 fully saturated rings. The van der Waals surface area contributed by atoms with Gasteiger partial charge < -0.3 is 4.90 Å². The molecule has 0 aliphatic carbocycles. The van der Waals surface area contributed by atoms with E-state index in [9.17, 15) is 13.6 Å². The quantitative estimate of drug-likeness (QED) is 0.742. The second-order valence-corrected chi connectivity index (χ2v) is 6.68. The van der Waals surface area contributed by atoms with Gasteiger partial charge in [0.2, 0.25) is 5.95 Å². The summed E-state index contributed by atoms with van der Waals surface area (Å²) in [4.78, 5) is 21.3. The lowest BCUT2D eigenvalue weighted by molar-refractivity contribution is 0.560. The van der Waals surface area contributed by atoms with Gasteiger partial charge in [-0.2, -0.15) is 0 Å². The second-order valence-electron chi connectivity index (χ2n) is 6.68. The molecule has 0 radical (unpaired) electrons. The van der Waals surface area contributed by atoms with E-state index in [1.54, 1.807) is 18.9 Å². The van der Waals surface area contributed by atoms with Crippen LogP contribution in [0.15, 0.2) is 47.3 Å². The Hall–Kier alpha value is -3.02. The van der Waals surface area contributed by atoms with Crippen LogP contribution in [-0.4, -0.2) is 17.0 Å². The molecular formula is C21H21F2N3O. The van der Waals surface area contributed by atoms with Gasteiger partial charge in [-0.25, -0.2) is 13.8 Å². The molecule has 3 aromatic rings. The summed E-state index contributed by atoms with van der Waals surface area (Å²) >= 11 is 0. The average Bonchev–Trinajstić information content (AvgIpc) is 2.63. The van der Waals surface area contributed by atoms with Crippen molar-refractivity contribution in [3.63, 3.8) is 0 Å². The first-order chi connectivity index (χ1) is 12.8. The third-order valence-corrected chi connectivity index (χ3v) is 4.55. The number of anilines is 1.